The first-order chi connectivity index (χ1) is 9.13. The fraction of sp³-hybridized carbons (Fsp3) is 0.214. The second kappa shape index (κ2) is 6.43. The molecular weight excluding hydrogens is 375 g/mol. The molecule has 0 aliphatic rings. The number of anilines is 1. The zero-order chi connectivity index (χ0) is 13.8. The van der Waals surface area contributed by atoms with Gasteiger partial charge in [0.05, 0.1) is 15.0 Å². The minimum Gasteiger partial charge on any atom is -0.485 e. The third-order valence-electron chi connectivity index (χ3n) is 2.70. The van der Waals surface area contributed by atoms with Gasteiger partial charge in [-0.05, 0) is 35.1 Å². The van der Waals surface area contributed by atoms with Crippen LogP contribution in [0.3, 0.4) is 0 Å². The monoisotopic (exact) mass is 388 g/mol. The molecular formula is C14H14ClIN2O. The number of pyridine rings is 1. The van der Waals surface area contributed by atoms with Gasteiger partial charge in [-0.3, -0.25) is 0 Å². The Morgan fingerprint density at radius 2 is 2.00 bits per heavy atom. The number of nitrogens with zero attached hydrogens (tertiary/aromatic N) is 1. The van der Waals surface area contributed by atoms with E-state index in [1.54, 1.807) is 0 Å². The number of hydrogen-bond acceptors (Lipinski definition) is 3. The molecule has 0 aliphatic carbocycles. The summed E-state index contributed by atoms with van der Waals surface area (Å²) in [5.41, 5.74) is 2.79. The van der Waals surface area contributed by atoms with E-state index < -0.39 is 0 Å². The Morgan fingerprint density at radius 1 is 1.32 bits per heavy atom. The van der Waals surface area contributed by atoms with E-state index in [2.05, 4.69) is 32.9 Å². The highest BCUT2D eigenvalue weighted by molar-refractivity contribution is 14.1. The molecule has 0 amide bonds. The predicted molar refractivity (Wildman–Crippen MR) is 87.0 cm³/mol. The molecule has 5 heteroatoms. The van der Waals surface area contributed by atoms with Crippen molar-refractivity contribution >= 4 is 39.9 Å². The van der Waals surface area contributed by atoms with Crippen LogP contribution in [0.1, 0.15) is 11.3 Å². The van der Waals surface area contributed by atoms with Crippen LogP contribution in [-0.4, -0.2) is 12.0 Å². The molecule has 0 fully saturated rings. The summed E-state index contributed by atoms with van der Waals surface area (Å²) in [4.78, 5) is 4.29. The average molecular weight is 389 g/mol. The van der Waals surface area contributed by atoms with E-state index in [-0.39, 0.29) is 0 Å². The minimum absolute atomic E-state index is 0.495. The van der Waals surface area contributed by atoms with Crippen molar-refractivity contribution in [1.29, 1.82) is 0 Å². The van der Waals surface area contributed by atoms with Crippen LogP contribution in [0.15, 0.2) is 30.3 Å². The summed E-state index contributed by atoms with van der Waals surface area (Å²) in [6.07, 6.45) is 0. The number of aromatic nitrogens is 1. The molecule has 0 bridgehead atoms. The molecule has 0 atom stereocenters. The Balaban J connectivity index is 2.27. The maximum atomic E-state index is 6.07. The standard InChI is InChI=1S/C14H14ClIN2O/c1-9-13(12(17-2)11(16)14(15)18-9)19-8-10-6-4-3-5-7-10/h3-7H,8H2,1-2H3,(H,17,18). The first-order valence-corrected chi connectivity index (χ1v) is 7.29. The Morgan fingerprint density at radius 3 is 2.63 bits per heavy atom. The van der Waals surface area contributed by atoms with Crippen LogP contribution in [-0.2, 0) is 6.61 Å². The van der Waals surface area contributed by atoms with Crippen molar-refractivity contribution in [2.24, 2.45) is 0 Å². The zero-order valence-electron chi connectivity index (χ0n) is 10.7. The number of rotatable bonds is 4. The molecule has 1 aromatic heterocycles. The quantitative estimate of drug-likeness (QED) is 0.627. The summed E-state index contributed by atoms with van der Waals surface area (Å²) < 4.78 is 6.76. The molecule has 1 heterocycles. The molecule has 0 aliphatic heterocycles. The third kappa shape index (κ3) is 3.30. The highest BCUT2D eigenvalue weighted by Crippen LogP contribution is 2.36. The maximum Gasteiger partial charge on any atom is 0.165 e. The number of ether oxygens (including phenoxy) is 1. The van der Waals surface area contributed by atoms with E-state index in [4.69, 9.17) is 16.3 Å². The average Bonchev–Trinajstić information content (AvgIpc) is 2.42. The van der Waals surface area contributed by atoms with Crippen molar-refractivity contribution in [3.05, 3.63) is 50.3 Å². The first-order valence-electron chi connectivity index (χ1n) is 5.83. The van der Waals surface area contributed by atoms with E-state index in [0.29, 0.717) is 11.8 Å². The lowest BCUT2D eigenvalue weighted by atomic mass is 10.2. The molecule has 0 saturated heterocycles. The van der Waals surface area contributed by atoms with Crippen molar-refractivity contribution in [2.75, 3.05) is 12.4 Å². The number of aryl methyl sites for hydroxylation is 1. The van der Waals surface area contributed by atoms with E-state index in [0.717, 1.165) is 26.3 Å². The molecule has 0 spiro atoms. The van der Waals surface area contributed by atoms with Crippen LogP contribution in [0.25, 0.3) is 0 Å². The second-order valence-corrected chi connectivity index (χ2v) is 5.47. The second-order valence-electron chi connectivity index (χ2n) is 4.03. The van der Waals surface area contributed by atoms with Crippen molar-refractivity contribution in [3.63, 3.8) is 0 Å². The summed E-state index contributed by atoms with van der Waals surface area (Å²) in [7, 11) is 1.85. The van der Waals surface area contributed by atoms with Gasteiger partial charge in [0.15, 0.2) is 5.75 Å². The number of benzene rings is 1. The summed E-state index contributed by atoms with van der Waals surface area (Å²) in [6.45, 7) is 2.40. The fourth-order valence-electron chi connectivity index (χ4n) is 1.76. The van der Waals surface area contributed by atoms with E-state index in [9.17, 15) is 0 Å². The Kier molecular flexibility index (Phi) is 4.87. The van der Waals surface area contributed by atoms with Gasteiger partial charge in [0.1, 0.15) is 11.8 Å². The van der Waals surface area contributed by atoms with Gasteiger partial charge in [0, 0.05) is 7.05 Å². The normalized spacial score (nSPS) is 10.3. The number of nitrogens with one attached hydrogen (secondary N) is 1. The molecule has 19 heavy (non-hydrogen) atoms. The predicted octanol–water partition coefficient (Wildman–Crippen LogP) is 4.27. The van der Waals surface area contributed by atoms with Crippen LogP contribution >= 0.6 is 34.2 Å². The number of halogens is 2. The topological polar surface area (TPSA) is 34.2 Å². The largest absolute Gasteiger partial charge is 0.485 e. The van der Waals surface area contributed by atoms with Gasteiger partial charge in [0.2, 0.25) is 0 Å². The van der Waals surface area contributed by atoms with Crippen LogP contribution in [0.4, 0.5) is 5.69 Å². The summed E-state index contributed by atoms with van der Waals surface area (Å²) >= 11 is 8.24. The van der Waals surface area contributed by atoms with E-state index in [1.165, 1.54) is 0 Å². The van der Waals surface area contributed by atoms with Gasteiger partial charge in [-0.2, -0.15) is 0 Å². The van der Waals surface area contributed by atoms with E-state index >= 15 is 0 Å². The molecule has 0 saturated carbocycles. The molecule has 0 radical (unpaired) electrons. The van der Waals surface area contributed by atoms with Crippen LogP contribution in [0.2, 0.25) is 5.15 Å². The highest BCUT2D eigenvalue weighted by Gasteiger charge is 2.15. The Hall–Kier alpha value is -1.01. The molecule has 100 valence electrons. The Bertz CT molecular complexity index is 575. The number of hydrogen-bond donors (Lipinski definition) is 1. The summed E-state index contributed by atoms with van der Waals surface area (Å²) in [5.74, 6) is 0.750. The minimum atomic E-state index is 0.495. The van der Waals surface area contributed by atoms with E-state index in [1.807, 2.05) is 44.3 Å². The lowest BCUT2D eigenvalue weighted by Gasteiger charge is -2.15. The molecule has 2 aromatic rings. The van der Waals surface area contributed by atoms with Gasteiger partial charge in [0.25, 0.3) is 0 Å². The Labute approximate surface area is 131 Å². The van der Waals surface area contributed by atoms with Crippen molar-refractivity contribution in [2.45, 2.75) is 13.5 Å². The van der Waals surface area contributed by atoms with Gasteiger partial charge >= 0.3 is 0 Å². The molecule has 1 N–H and O–H groups in total. The zero-order valence-corrected chi connectivity index (χ0v) is 13.6. The lowest BCUT2D eigenvalue weighted by molar-refractivity contribution is 0.304. The smallest absolute Gasteiger partial charge is 0.165 e. The van der Waals surface area contributed by atoms with Gasteiger partial charge in [-0.15, -0.1) is 0 Å². The van der Waals surface area contributed by atoms with Gasteiger partial charge < -0.3 is 10.1 Å². The van der Waals surface area contributed by atoms with Gasteiger partial charge in [-0.1, -0.05) is 41.9 Å². The summed E-state index contributed by atoms with van der Waals surface area (Å²) in [6, 6.07) is 10.0. The van der Waals surface area contributed by atoms with Crippen LogP contribution in [0, 0.1) is 10.5 Å². The fourth-order valence-corrected chi connectivity index (χ4v) is 2.62. The SMILES string of the molecule is CNc1c(I)c(Cl)nc(C)c1OCc1ccccc1. The first kappa shape index (κ1) is 14.4. The maximum absolute atomic E-state index is 6.07. The highest BCUT2D eigenvalue weighted by atomic mass is 127. The van der Waals surface area contributed by atoms with Crippen molar-refractivity contribution < 1.29 is 4.74 Å². The molecule has 0 unspecified atom stereocenters. The summed E-state index contributed by atoms with van der Waals surface area (Å²) in [5, 5.41) is 3.62. The van der Waals surface area contributed by atoms with Crippen LogP contribution < -0.4 is 10.1 Å². The van der Waals surface area contributed by atoms with Gasteiger partial charge in [-0.25, -0.2) is 4.98 Å². The van der Waals surface area contributed by atoms with Crippen molar-refractivity contribution in [3.8, 4) is 5.75 Å². The van der Waals surface area contributed by atoms with Crippen molar-refractivity contribution in [1.82, 2.24) is 4.98 Å². The molecule has 3 nitrogen and oxygen atoms in total. The van der Waals surface area contributed by atoms with Crippen LogP contribution in [0.5, 0.6) is 5.75 Å². The lowest BCUT2D eigenvalue weighted by Crippen LogP contribution is -2.04. The molecule has 1 aromatic carbocycles. The molecule has 2 rings (SSSR count). The third-order valence-corrected chi connectivity index (χ3v) is 4.34.